The van der Waals surface area contributed by atoms with E-state index >= 15 is 0 Å². The summed E-state index contributed by atoms with van der Waals surface area (Å²) >= 11 is 0. The second-order valence-electron chi connectivity index (χ2n) is 5.26. The minimum absolute atomic E-state index is 1.02. The van der Waals surface area contributed by atoms with E-state index in [1.807, 2.05) is 54.7 Å². The lowest BCUT2D eigenvalue weighted by Gasteiger charge is -2.03. The largest absolute Gasteiger partial charge is 0.261 e. The van der Waals surface area contributed by atoms with Crippen LogP contribution in [0.15, 0.2) is 70.6 Å². The molecule has 0 aliphatic carbocycles. The van der Waals surface area contributed by atoms with Gasteiger partial charge in [0.05, 0.1) is 11.4 Å². The molecule has 0 saturated carbocycles. The maximum atomic E-state index is 4.73. The van der Waals surface area contributed by atoms with Crippen molar-refractivity contribution in [2.24, 2.45) is 9.98 Å². The minimum atomic E-state index is 1.02. The van der Waals surface area contributed by atoms with Gasteiger partial charge >= 0.3 is 0 Å². The molecule has 0 aliphatic rings. The maximum absolute atomic E-state index is 4.73. The van der Waals surface area contributed by atoms with Crippen molar-refractivity contribution in [1.29, 1.82) is 0 Å². The van der Waals surface area contributed by atoms with E-state index in [4.69, 9.17) is 4.99 Å². The zero-order valence-corrected chi connectivity index (χ0v) is 13.3. The van der Waals surface area contributed by atoms with Crippen LogP contribution < -0.4 is 0 Å². The summed E-state index contributed by atoms with van der Waals surface area (Å²) in [6.07, 6.45) is 7.47. The highest BCUT2D eigenvalue weighted by Gasteiger charge is 1.97. The van der Waals surface area contributed by atoms with Gasteiger partial charge in [-0.15, -0.1) is 0 Å². The summed E-state index contributed by atoms with van der Waals surface area (Å²) in [6.45, 7) is 2.18. The van der Waals surface area contributed by atoms with E-state index in [1.54, 1.807) is 0 Å². The van der Waals surface area contributed by atoms with E-state index in [0.29, 0.717) is 0 Å². The molecule has 2 nitrogen and oxygen atoms in total. The van der Waals surface area contributed by atoms with Crippen LogP contribution in [0.25, 0.3) is 0 Å². The van der Waals surface area contributed by atoms with Crippen molar-refractivity contribution in [2.75, 3.05) is 0 Å². The van der Waals surface area contributed by atoms with Crippen molar-refractivity contribution >= 4 is 23.3 Å². The average Bonchev–Trinajstić information content (AvgIpc) is 2.58. The first-order valence-corrected chi connectivity index (χ1v) is 8.07. The van der Waals surface area contributed by atoms with Gasteiger partial charge in [0.15, 0.2) is 0 Å². The Balaban J connectivity index is 1.71. The van der Waals surface area contributed by atoms with Gasteiger partial charge in [-0.25, -0.2) is 0 Å². The summed E-state index contributed by atoms with van der Waals surface area (Å²) in [5, 5.41) is 0. The highest BCUT2D eigenvalue weighted by molar-refractivity contribution is 5.86. The Morgan fingerprint density at radius 3 is 2.14 bits per heavy atom. The van der Waals surface area contributed by atoms with Gasteiger partial charge in [-0.3, -0.25) is 9.98 Å². The normalized spacial score (nSPS) is 12.0. The molecule has 2 aromatic rings. The summed E-state index contributed by atoms with van der Waals surface area (Å²) in [6, 6.07) is 20.3. The number of hydrogen-bond acceptors (Lipinski definition) is 2. The first-order chi connectivity index (χ1) is 10.9. The molecular formula is C20H24N2. The Bertz CT molecular complexity index is 586. The Morgan fingerprint density at radius 2 is 1.50 bits per heavy atom. The van der Waals surface area contributed by atoms with E-state index < -0.39 is 0 Å². The second kappa shape index (κ2) is 9.67. The third-order valence-electron chi connectivity index (χ3n) is 3.50. The number of unbranched alkanes of at least 4 members (excludes halogenated alkanes) is 2. The van der Waals surface area contributed by atoms with E-state index in [2.05, 4.69) is 24.0 Å². The summed E-state index contributed by atoms with van der Waals surface area (Å²) in [4.78, 5) is 9.18. The Kier molecular flexibility index (Phi) is 7.10. The smallest absolute Gasteiger partial charge is 0.0629 e. The molecule has 0 saturated heterocycles. The zero-order chi connectivity index (χ0) is 15.5. The van der Waals surface area contributed by atoms with Crippen LogP contribution in [0.2, 0.25) is 0 Å². The number of nitrogens with zero attached hydrogens (tertiary/aromatic N) is 2. The highest BCUT2D eigenvalue weighted by atomic mass is 14.7. The van der Waals surface area contributed by atoms with Gasteiger partial charge in [-0.05, 0) is 56.4 Å². The van der Waals surface area contributed by atoms with E-state index in [-0.39, 0.29) is 0 Å². The summed E-state index contributed by atoms with van der Waals surface area (Å²) < 4.78 is 0. The molecule has 0 radical (unpaired) electrons. The minimum Gasteiger partial charge on any atom is -0.261 e. The number of hydrogen-bond donors (Lipinski definition) is 0. The molecule has 2 heteroatoms. The van der Waals surface area contributed by atoms with Crippen LogP contribution in [0, 0.1) is 0 Å². The number of rotatable bonds is 8. The van der Waals surface area contributed by atoms with Crippen molar-refractivity contribution in [3.63, 3.8) is 0 Å². The topological polar surface area (TPSA) is 24.7 Å². The first kappa shape index (κ1) is 16.2. The maximum Gasteiger partial charge on any atom is 0.0629 e. The van der Waals surface area contributed by atoms with Crippen molar-refractivity contribution in [1.82, 2.24) is 0 Å². The van der Waals surface area contributed by atoms with Gasteiger partial charge in [0.1, 0.15) is 0 Å². The van der Waals surface area contributed by atoms with Crippen molar-refractivity contribution in [3.05, 3.63) is 60.7 Å². The lowest BCUT2D eigenvalue weighted by atomic mass is 10.1. The van der Waals surface area contributed by atoms with E-state index in [9.17, 15) is 0 Å². The number of benzene rings is 2. The van der Waals surface area contributed by atoms with Crippen LogP contribution in [0.5, 0.6) is 0 Å². The van der Waals surface area contributed by atoms with Crippen molar-refractivity contribution in [2.45, 2.75) is 39.0 Å². The molecule has 22 heavy (non-hydrogen) atoms. The SMILES string of the molecule is CCC(CCCCC=Nc1ccccc1)=Nc1ccccc1. The molecule has 0 fully saturated rings. The van der Waals surface area contributed by atoms with Gasteiger partial charge in [-0.2, -0.15) is 0 Å². The molecule has 0 aromatic heterocycles. The Morgan fingerprint density at radius 1 is 0.864 bits per heavy atom. The van der Waals surface area contributed by atoms with Gasteiger partial charge in [-0.1, -0.05) is 43.3 Å². The Labute approximate surface area is 133 Å². The molecule has 0 unspecified atom stereocenters. The zero-order valence-electron chi connectivity index (χ0n) is 13.3. The van der Waals surface area contributed by atoms with Gasteiger partial charge in [0.25, 0.3) is 0 Å². The van der Waals surface area contributed by atoms with Crippen LogP contribution in [0.4, 0.5) is 11.4 Å². The molecule has 0 amide bonds. The first-order valence-electron chi connectivity index (χ1n) is 8.07. The average molecular weight is 292 g/mol. The number of aliphatic imine (C=N–C) groups is 2. The second-order valence-corrected chi connectivity index (χ2v) is 5.26. The van der Waals surface area contributed by atoms with Crippen LogP contribution >= 0.6 is 0 Å². The van der Waals surface area contributed by atoms with Crippen LogP contribution in [0.1, 0.15) is 39.0 Å². The van der Waals surface area contributed by atoms with Gasteiger partial charge in [0.2, 0.25) is 0 Å². The predicted molar refractivity (Wildman–Crippen MR) is 96.9 cm³/mol. The monoisotopic (exact) mass is 292 g/mol. The van der Waals surface area contributed by atoms with Crippen molar-refractivity contribution in [3.8, 4) is 0 Å². The van der Waals surface area contributed by atoms with Crippen molar-refractivity contribution < 1.29 is 0 Å². The number of para-hydroxylation sites is 2. The molecule has 0 spiro atoms. The van der Waals surface area contributed by atoms with E-state index in [0.717, 1.165) is 37.1 Å². The highest BCUT2D eigenvalue weighted by Crippen LogP contribution is 2.14. The third-order valence-corrected chi connectivity index (χ3v) is 3.50. The third kappa shape index (κ3) is 6.04. The molecule has 0 aliphatic heterocycles. The molecule has 0 atom stereocenters. The molecular weight excluding hydrogens is 268 g/mol. The summed E-state index contributed by atoms with van der Waals surface area (Å²) in [5.74, 6) is 0. The van der Waals surface area contributed by atoms with Crippen LogP contribution in [0.3, 0.4) is 0 Å². The summed E-state index contributed by atoms with van der Waals surface area (Å²) in [7, 11) is 0. The van der Waals surface area contributed by atoms with Crippen LogP contribution in [-0.4, -0.2) is 11.9 Å². The molecule has 0 N–H and O–H groups in total. The van der Waals surface area contributed by atoms with Crippen LogP contribution in [-0.2, 0) is 0 Å². The quantitative estimate of drug-likeness (QED) is 0.413. The standard InChI is InChI=1S/C20H24N2/c1-2-18(22-20-15-8-4-9-16-20)12-10-5-11-17-21-19-13-6-3-7-14-19/h3-4,6-9,13-17H,2,5,10-12H2,1H3. The molecule has 114 valence electrons. The lowest BCUT2D eigenvalue weighted by Crippen LogP contribution is -1.95. The Hall–Kier alpha value is -2.22. The fraction of sp³-hybridized carbons (Fsp3) is 0.300. The molecule has 0 heterocycles. The fourth-order valence-corrected chi connectivity index (χ4v) is 2.25. The molecule has 2 aromatic carbocycles. The summed E-state index contributed by atoms with van der Waals surface area (Å²) in [5.41, 5.74) is 3.37. The van der Waals surface area contributed by atoms with Gasteiger partial charge in [0, 0.05) is 11.9 Å². The molecule has 0 bridgehead atoms. The van der Waals surface area contributed by atoms with E-state index in [1.165, 1.54) is 12.1 Å². The fourth-order valence-electron chi connectivity index (χ4n) is 2.25. The van der Waals surface area contributed by atoms with Gasteiger partial charge < -0.3 is 0 Å². The lowest BCUT2D eigenvalue weighted by molar-refractivity contribution is 0.793. The molecule has 2 rings (SSSR count). The predicted octanol–water partition coefficient (Wildman–Crippen LogP) is 6.13.